The van der Waals surface area contributed by atoms with Gasteiger partial charge in [0.25, 0.3) is 0 Å². The van der Waals surface area contributed by atoms with E-state index >= 15 is 0 Å². The monoisotopic (exact) mass is 338 g/mol. The summed E-state index contributed by atoms with van der Waals surface area (Å²) in [4.78, 5) is 12.5. The third-order valence-electron chi connectivity index (χ3n) is 2.83. The number of carbonyl (C=O) groups is 1. The SMILES string of the molecule is COc1ccc(C(=O)c2ccc(F)cc2Br)c(OC)c1. The molecule has 20 heavy (non-hydrogen) atoms. The van der Waals surface area contributed by atoms with E-state index in [1.54, 1.807) is 18.2 Å². The van der Waals surface area contributed by atoms with E-state index in [9.17, 15) is 9.18 Å². The zero-order chi connectivity index (χ0) is 14.7. The number of hydrogen-bond acceptors (Lipinski definition) is 3. The van der Waals surface area contributed by atoms with Gasteiger partial charge in [0.05, 0.1) is 19.8 Å². The molecule has 0 aliphatic heterocycles. The van der Waals surface area contributed by atoms with Gasteiger partial charge in [-0.3, -0.25) is 4.79 Å². The number of benzene rings is 2. The highest BCUT2D eigenvalue weighted by Crippen LogP contribution is 2.29. The summed E-state index contributed by atoms with van der Waals surface area (Å²) in [5, 5.41) is 0. The molecule has 0 heterocycles. The van der Waals surface area contributed by atoms with Gasteiger partial charge in [-0.1, -0.05) is 0 Å². The van der Waals surface area contributed by atoms with Crippen LogP contribution in [0.25, 0.3) is 0 Å². The fraction of sp³-hybridized carbons (Fsp3) is 0.133. The van der Waals surface area contributed by atoms with Crippen molar-refractivity contribution >= 4 is 21.7 Å². The molecule has 0 spiro atoms. The smallest absolute Gasteiger partial charge is 0.197 e. The number of methoxy groups -OCH3 is 2. The molecular formula is C15H12BrFO3. The number of halogens is 2. The van der Waals surface area contributed by atoms with Crippen molar-refractivity contribution in [1.82, 2.24) is 0 Å². The second-order valence-electron chi connectivity index (χ2n) is 4.02. The van der Waals surface area contributed by atoms with Crippen LogP contribution in [-0.4, -0.2) is 20.0 Å². The van der Waals surface area contributed by atoms with E-state index in [1.165, 1.54) is 32.4 Å². The first-order valence-electron chi connectivity index (χ1n) is 5.78. The van der Waals surface area contributed by atoms with Gasteiger partial charge in [-0.15, -0.1) is 0 Å². The molecule has 3 nitrogen and oxygen atoms in total. The van der Waals surface area contributed by atoms with Gasteiger partial charge in [-0.25, -0.2) is 4.39 Å². The first-order valence-corrected chi connectivity index (χ1v) is 6.58. The molecular weight excluding hydrogens is 327 g/mol. The van der Waals surface area contributed by atoms with Crippen LogP contribution in [-0.2, 0) is 0 Å². The summed E-state index contributed by atoms with van der Waals surface area (Å²) in [6.45, 7) is 0. The maximum absolute atomic E-state index is 13.1. The van der Waals surface area contributed by atoms with Gasteiger partial charge < -0.3 is 9.47 Å². The van der Waals surface area contributed by atoms with Crippen molar-refractivity contribution in [2.75, 3.05) is 14.2 Å². The molecule has 0 atom stereocenters. The molecule has 0 bridgehead atoms. The molecule has 104 valence electrons. The van der Waals surface area contributed by atoms with Crippen molar-refractivity contribution in [3.05, 3.63) is 57.8 Å². The minimum absolute atomic E-state index is 0.253. The summed E-state index contributed by atoms with van der Waals surface area (Å²) in [6, 6.07) is 8.86. The maximum atomic E-state index is 13.1. The molecule has 0 fully saturated rings. The topological polar surface area (TPSA) is 35.5 Å². The quantitative estimate of drug-likeness (QED) is 0.794. The fourth-order valence-corrected chi connectivity index (χ4v) is 2.34. The lowest BCUT2D eigenvalue weighted by Crippen LogP contribution is -2.05. The van der Waals surface area contributed by atoms with Gasteiger partial charge >= 0.3 is 0 Å². The van der Waals surface area contributed by atoms with Crippen LogP contribution in [0.1, 0.15) is 15.9 Å². The fourth-order valence-electron chi connectivity index (χ4n) is 1.80. The van der Waals surface area contributed by atoms with Gasteiger partial charge in [-0.05, 0) is 46.3 Å². The highest BCUT2D eigenvalue weighted by atomic mass is 79.9. The van der Waals surface area contributed by atoms with Crippen molar-refractivity contribution in [1.29, 1.82) is 0 Å². The normalized spacial score (nSPS) is 10.2. The van der Waals surface area contributed by atoms with Crippen molar-refractivity contribution in [3.8, 4) is 11.5 Å². The molecule has 0 saturated heterocycles. The zero-order valence-electron chi connectivity index (χ0n) is 10.9. The van der Waals surface area contributed by atoms with Crippen molar-refractivity contribution in [3.63, 3.8) is 0 Å². The number of hydrogen-bond donors (Lipinski definition) is 0. The number of ketones is 1. The molecule has 2 aromatic rings. The Kier molecular flexibility index (Phi) is 4.39. The van der Waals surface area contributed by atoms with E-state index in [2.05, 4.69) is 15.9 Å². The number of ether oxygens (including phenoxy) is 2. The molecule has 2 aromatic carbocycles. The predicted molar refractivity (Wildman–Crippen MR) is 77.1 cm³/mol. The molecule has 0 N–H and O–H groups in total. The lowest BCUT2D eigenvalue weighted by atomic mass is 10.0. The van der Waals surface area contributed by atoms with Crippen LogP contribution in [0.15, 0.2) is 40.9 Å². The summed E-state index contributed by atoms with van der Waals surface area (Å²) in [7, 11) is 3.01. The van der Waals surface area contributed by atoms with E-state index in [4.69, 9.17) is 9.47 Å². The Balaban J connectivity index is 2.47. The molecule has 5 heteroatoms. The van der Waals surface area contributed by atoms with Crippen LogP contribution in [0.4, 0.5) is 4.39 Å². The van der Waals surface area contributed by atoms with Crippen LogP contribution < -0.4 is 9.47 Å². The number of rotatable bonds is 4. The number of carbonyl (C=O) groups excluding carboxylic acids is 1. The van der Waals surface area contributed by atoms with Crippen LogP contribution >= 0.6 is 15.9 Å². The highest BCUT2D eigenvalue weighted by Gasteiger charge is 2.18. The second kappa shape index (κ2) is 6.05. The first kappa shape index (κ1) is 14.5. The Morgan fingerprint density at radius 3 is 2.35 bits per heavy atom. The summed E-state index contributed by atoms with van der Waals surface area (Å²) < 4.78 is 23.8. The van der Waals surface area contributed by atoms with E-state index in [1.807, 2.05) is 0 Å². The highest BCUT2D eigenvalue weighted by molar-refractivity contribution is 9.10. The molecule has 0 radical (unpaired) electrons. The summed E-state index contributed by atoms with van der Waals surface area (Å²) >= 11 is 3.19. The van der Waals surface area contributed by atoms with Gasteiger partial charge in [-0.2, -0.15) is 0 Å². The summed E-state index contributed by atoms with van der Waals surface area (Å²) in [5.41, 5.74) is 0.760. The van der Waals surface area contributed by atoms with Crippen molar-refractivity contribution in [2.45, 2.75) is 0 Å². The summed E-state index contributed by atoms with van der Waals surface area (Å²) in [6.07, 6.45) is 0. The van der Waals surface area contributed by atoms with Gasteiger partial charge in [0.15, 0.2) is 5.78 Å². The molecule has 0 aliphatic carbocycles. The average Bonchev–Trinajstić information content (AvgIpc) is 2.46. The Labute approximate surface area is 124 Å². The Morgan fingerprint density at radius 2 is 1.75 bits per heavy atom. The van der Waals surface area contributed by atoms with E-state index < -0.39 is 5.82 Å². The van der Waals surface area contributed by atoms with Gasteiger partial charge in [0, 0.05) is 16.1 Å². The Morgan fingerprint density at radius 1 is 1.05 bits per heavy atom. The molecule has 0 aromatic heterocycles. The largest absolute Gasteiger partial charge is 0.497 e. The van der Waals surface area contributed by atoms with E-state index in [-0.39, 0.29) is 5.78 Å². The van der Waals surface area contributed by atoms with Crippen LogP contribution in [0.3, 0.4) is 0 Å². The minimum atomic E-state index is -0.407. The van der Waals surface area contributed by atoms with E-state index in [0.29, 0.717) is 27.1 Å². The Hall–Kier alpha value is -1.88. The van der Waals surface area contributed by atoms with E-state index in [0.717, 1.165) is 0 Å². The first-order chi connectivity index (χ1) is 9.56. The lowest BCUT2D eigenvalue weighted by Gasteiger charge is -2.10. The zero-order valence-corrected chi connectivity index (χ0v) is 12.5. The lowest BCUT2D eigenvalue weighted by molar-refractivity contribution is 0.103. The van der Waals surface area contributed by atoms with Gasteiger partial charge in [0.2, 0.25) is 0 Å². The van der Waals surface area contributed by atoms with Crippen molar-refractivity contribution in [2.24, 2.45) is 0 Å². The molecule has 0 unspecified atom stereocenters. The van der Waals surface area contributed by atoms with Gasteiger partial charge in [0.1, 0.15) is 17.3 Å². The van der Waals surface area contributed by atoms with Crippen LogP contribution in [0, 0.1) is 5.82 Å². The average molecular weight is 339 g/mol. The predicted octanol–water partition coefficient (Wildman–Crippen LogP) is 3.84. The van der Waals surface area contributed by atoms with Crippen molar-refractivity contribution < 1.29 is 18.7 Å². The third-order valence-corrected chi connectivity index (χ3v) is 3.49. The standard InChI is InChI=1S/C15H12BrFO3/c1-19-10-4-6-12(14(8-10)20-2)15(18)11-5-3-9(17)7-13(11)16/h3-8H,1-2H3. The Bertz CT molecular complexity index is 656. The molecule has 2 rings (SSSR count). The maximum Gasteiger partial charge on any atom is 0.197 e. The molecule has 0 aliphatic rings. The van der Waals surface area contributed by atoms with Crippen LogP contribution in [0.2, 0.25) is 0 Å². The third kappa shape index (κ3) is 2.82. The molecule has 0 saturated carbocycles. The van der Waals surface area contributed by atoms with Crippen LogP contribution in [0.5, 0.6) is 11.5 Å². The minimum Gasteiger partial charge on any atom is -0.497 e. The second-order valence-corrected chi connectivity index (χ2v) is 4.87. The molecule has 0 amide bonds. The summed E-state index contributed by atoms with van der Waals surface area (Å²) in [5.74, 6) is 0.341.